The van der Waals surface area contributed by atoms with Gasteiger partial charge in [-0.15, -0.1) is 0 Å². The van der Waals surface area contributed by atoms with Crippen LogP contribution in [0.25, 0.3) is 0 Å². The van der Waals surface area contributed by atoms with E-state index in [1.165, 1.54) is 0 Å². The van der Waals surface area contributed by atoms with Crippen molar-refractivity contribution in [2.45, 2.75) is 26.7 Å². The predicted molar refractivity (Wildman–Crippen MR) is 80.2 cm³/mol. The van der Waals surface area contributed by atoms with Gasteiger partial charge in [0.05, 0.1) is 10.0 Å². The van der Waals surface area contributed by atoms with Gasteiger partial charge >= 0.3 is 0 Å². The van der Waals surface area contributed by atoms with Gasteiger partial charge in [0.25, 0.3) is 0 Å². The summed E-state index contributed by atoms with van der Waals surface area (Å²) in [6.07, 6.45) is 2.19. The van der Waals surface area contributed by atoms with E-state index in [2.05, 4.69) is 5.32 Å². The smallest absolute Gasteiger partial charge is 0.170 e. The third-order valence-corrected chi connectivity index (χ3v) is 4.92. The van der Waals surface area contributed by atoms with Gasteiger partial charge in [0.2, 0.25) is 0 Å². The number of halogens is 2. The Labute approximate surface area is 124 Å². The van der Waals surface area contributed by atoms with Gasteiger partial charge in [0.15, 0.2) is 5.78 Å². The van der Waals surface area contributed by atoms with E-state index in [1.54, 1.807) is 18.2 Å². The van der Waals surface area contributed by atoms with E-state index in [4.69, 9.17) is 23.2 Å². The molecule has 2 nitrogen and oxygen atoms in total. The lowest BCUT2D eigenvalue weighted by atomic mass is 9.70. The van der Waals surface area contributed by atoms with Crippen molar-refractivity contribution < 1.29 is 4.79 Å². The Balaban J connectivity index is 2.29. The molecule has 104 valence electrons. The van der Waals surface area contributed by atoms with Crippen LogP contribution in [0.2, 0.25) is 10.0 Å². The molecule has 4 heteroatoms. The van der Waals surface area contributed by atoms with Gasteiger partial charge in [0, 0.05) is 11.0 Å². The lowest BCUT2D eigenvalue weighted by molar-refractivity contribution is 0.0708. The van der Waals surface area contributed by atoms with Crippen LogP contribution in [0.4, 0.5) is 0 Å². The Hall–Kier alpha value is -0.570. The first-order chi connectivity index (χ1) is 8.94. The van der Waals surface area contributed by atoms with Crippen molar-refractivity contribution in [3.05, 3.63) is 33.8 Å². The summed E-state index contributed by atoms with van der Waals surface area (Å²) >= 11 is 12.2. The van der Waals surface area contributed by atoms with E-state index in [0.717, 1.165) is 25.9 Å². The maximum Gasteiger partial charge on any atom is 0.170 e. The van der Waals surface area contributed by atoms with Crippen LogP contribution in [0.5, 0.6) is 0 Å². The van der Waals surface area contributed by atoms with Crippen molar-refractivity contribution in [3.63, 3.8) is 0 Å². The molecule has 1 atom stereocenters. The Bertz CT molecular complexity index is 479. The molecule has 19 heavy (non-hydrogen) atoms. The average Bonchev–Trinajstić information content (AvgIpc) is 2.42. The molecule has 1 aliphatic rings. The number of benzene rings is 1. The Kier molecular flexibility index (Phi) is 4.54. The highest BCUT2D eigenvalue weighted by Gasteiger charge is 2.38. The van der Waals surface area contributed by atoms with Crippen LogP contribution in [0.1, 0.15) is 37.0 Å². The maximum absolute atomic E-state index is 12.8. The first kappa shape index (κ1) is 14.8. The molecule has 1 saturated heterocycles. The SMILES string of the molecule is CC(C)(C(=O)c1cccc(Cl)c1Cl)C1CCCNC1. The number of carbonyl (C=O) groups excluding carboxylic acids is 1. The van der Waals surface area contributed by atoms with Crippen LogP contribution in [-0.4, -0.2) is 18.9 Å². The second kappa shape index (κ2) is 5.82. The van der Waals surface area contributed by atoms with Crippen molar-refractivity contribution in [2.24, 2.45) is 11.3 Å². The van der Waals surface area contributed by atoms with Crippen molar-refractivity contribution in [1.82, 2.24) is 5.32 Å². The first-order valence-electron chi connectivity index (χ1n) is 6.64. The summed E-state index contributed by atoms with van der Waals surface area (Å²) in [5.41, 5.74) is 0.103. The van der Waals surface area contributed by atoms with E-state index in [9.17, 15) is 4.79 Å². The molecule has 0 saturated carbocycles. The van der Waals surface area contributed by atoms with Gasteiger partial charge in [-0.3, -0.25) is 4.79 Å². The number of rotatable bonds is 3. The minimum atomic E-state index is -0.429. The maximum atomic E-state index is 12.8. The third kappa shape index (κ3) is 2.96. The largest absolute Gasteiger partial charge is 0.316 e. The monoisotopic (exact) mass is 299 g/mol. The number of ketones is 1. The Morgan fingerprint density at radius 1 is 1.37 bits per heavy atom. The van der Waals surface area contributed by atoms with E-state index < -0.39 is 5.41 Å². The molecule has 1 N–H and O–H groups in total. The molecule has 0 bridgehead atoms. The average molecular weight is 300 g/mol. The summed E-state index contributed by atoms with van der Waals surface area (Å²) in [6, 6.07) is 5.24. The molecule has 0 aromatic heterocycles. The number of Topliss-reactive ketones (excluding diaryl/α,β-unsaturated/α-hetero) is 1. The zero-order chi connectivity index (χ0) is 14.0. The summed E-state index contributed by atoms with van der Waals surface area (Å²) in [5.74, 6) is 0.414. The summed E-state index contributed by atoms with van der Waals surface area (Å²) in [7, 11) is 0. The normalized spacial score (nSPS) is 20.3. The van der Waals surface area contributed by atoms with Gasteiger partial charge < -0.3 is 5.32 Å². The van der Waals surface area contributed by atoms with Crippen LogP contribution in [0.15, 0.2) is 18.2 Å². The van der Waals surface area contributed by atoms with E-state index in [1.807, 2.05) is 13.8 Å². The highest BCUT2D eigenvalue weighted by atomic mass is 35.5. The number of hydrogen-bond acceptors (Lipinski definition) is 2. The fraction of sp³-hybridized carbons (Fsp3) is 0.533. The minimum Gasteiger partial charge on any atom is -0.316 e. The summed E-state index contributed by atoms with van der Waals surface area (Å²) in [6.45, 7) is 5.93. The highest BCUT2D eigenvalue weighted by Crippen LogP contribution is 2.38. The topological polar surface area (TPSA) is 29.1 Å². The third-order valence-electron chi connectivity index (χ3n) is 4.10. The van der Waals surface area contributed by atoms with E-state index in [0.29, 0.717) is 21.5 Å². The second-order valence-corrected chi connectivity index (χ2v) is 6.48. The van der Waals surface area contributed by atoms with Gasteiger partial charge in [0.1, 0.15) is 0 Å². The molecule has 0 amide bonds. The number of hydrogen-bond donors (Lipinski definition) is 1. The first-order valence-corrected chi connectivity index (χ1v) is 7.39. The van der Waals surface area contributed by atoms with Gasteiger partial charge in [-0.05, 0) is 44.0 Å². The zero-order valence-electron chi connectivity index (χ0n) is 11.3. The van der Waals surface area contributed by atoms with Crippen LogP contribution in [0.3, 0.4) is 0 Å². The minimum absolute atomic E-state index is 0.0775. The van der Waals surface area contributed by atoms with E-state index >= 15 is 0 Å². The molecule has 0 radical (unpaired) electrons. The molecular weight excluding hydrogens is 281 g/mol. The van der Waals surface area contributed by atoms with Crippen molar-refractivity contribution in [1.29, 1.82) is 0 Å². The molecule has 1 heterocycles. The molecule has 2 rings (SSSR count). The Morgan fingerprint density at radius 3 is 2.74 bits per heavy atom. The predicted octanol–water partition coefficient (Wildman–Crippen LogP) is 4.20. The molecular formula is C15H19Cl2NO. The molecule has 1 aromatic carbocycles. The van der Waals surface area contributed by atoms with E-state index in [-0.39, 0.29) is 5.78 Å². The number of piperidine rings is 1. The van der Waals surface area contributed by atoms with Crippen molar-refractivity contribution in [2.75, 3.05) is 13.1 Å². The van der Waals surface area contributed by atoms with Gasteiger partial charge in [-0.25, -0.2) is 0 Å². The molecule has 1 aliphatic heterocycles. The zero-order valence-corrected chi connectivity index (χ0v) is 12.8. The van der Waals surface area contributed by atoms with Gasteiger partial charge in [-0.2, -0.15) is 0 Å². The lowest BCUT2D eigenvalue weighted by Crippen LogP contribution is -2.42. The second-order valence-electron chi connectivity index (χ2n) is 5.70. The standard InChI is InChI=1S/C15H19Cl2NO/c1-15(2,10-5-4-8-18-9-10)14(19)11-6-3-7-12(16)13(11)17/h3,6-7,10,18H,4-5,8-9H2,1-2H3. The molecule has 1 fully saturated rings. The summed E-state index contributed by atoms with van der Waals surface area (Å²) in [5, 5.41) is 4.16. The van der Waals surface area contributed by atoms with Crippen LogP contribution >= 0.6 is 23.2 Å². The fourth-order valence-electron chi connectivity index (χ4n) is 2.68. The summed E-state index contributed by atoms with van der Waals surface area (Å²) < 4.78 is 0. The van der Waals surface area contributed by atoms with Gasteiger partial charge in [-0.1, -0.05) is 43.1 Å². The molecule has 0 aliphatic carbocycles. The molecule has 1 aromatic rings. The Morgan fingerprint density at radius 2 is 2.11 bits per heavy atom. The van der Waals surface area contributed by atoms with Crippen molar-refractivity contribution in [3.8, 4) is 0 Å². The fourth-order valence-corrected chi connectivity index (χ4v) is 3.07. The number of nitrogens with one attached hydrogen (secondary N) is 1. The van der Waals surface area contributed by atoms with Crippen LogP contribution in [-0.2, 0) is 0 Å². The van der Waals surface area contributed by atoms with Crippen LogP contribution in [0, 0.1) is 11.3 Å². The lowest BCUT2D eigenvalue weighted by Gasteiger charge is -2.36. The summed E-state index contributed by atoms with van der Waals surface area (Å²) in [4.78, 5) is 12.8. The molecule has 0 spiro atoms. The quantitative estimate of drug-likeness (QED) is 0.848. The van der Waals surface area contributed by atoms with Crippen LogP contribution < -0.4 is 5.32 Å². The van der Waals surface area contributed by atoms with Crippen molar-refractivity contribution >= 4 is 29.0 Å². The number of carbonyl (C=O) groups is 1. The highest BCUT2D eigenvalue weighted by molar-refractivity contribution is 6.44. The molecule has 1 unspecified atom stereocenters.